The van der Waals surface area contributed by atoms with Crippen LogP contribution >= 0.6 is 0 Å². The largest absolute Gasteiger partial charge is 0.490 e. The standard InChI is InChI=1S/C16H21N3O2/c1-12(17-11-14-6-7-19(2)18-14)13-4-5-15-16(10-13)21-9-3-8-20-15/h4-7,10,12,17H,3,8-9,11H2,1-2H3. The van der Waals surface area contributed by atoms with Gasteiger partial charge in [-0.25, -0.2) is 0 Å². The Bertz CT molecular complexity index is 609. The van der Waals surface area contributed by atoms with Crippen LogP contribution < -0.4 is 14.8 Å². The Morgan fingerprint density at radius 2 is 2.05 bits per heavy atom. The normalized spacial score (nSPS) is 15.5. The molecule has 2 aromatic rings. The zero-order chi connectivity index (χ0) is 14.7. The van der Waals surface area contributed by atoms with Crippen molar-refractivity contribution < 1.29 is 9.47 Å². The molecule has 0 radical (unpaired) electrons. The summed E-state index contributed by atoms with van der Waals surface area (Å²) in [6.45, 7) is 4.32. The van der Waals surface area contributed by atoms with Crippen molar-refractivity contribution in [2.24, 2.45) is 7.05 Å². The third-order valence-corrected chi connectivity index (χ3v) is 3.63. The van der Waals surface area contributed by atoms with E-state index in [0.29, 0.717) is 6.61 Å². The van der Waals surface area contributed by atoms with Crippen LogP contribution in [0.3, 0.4) is 0 Å². The second kappa shape index (κ2) is 6.18. The number of fused-ring (bicyclic) bond motifs is 1. The molecule has 0 saturated carbocycles. The van der Waals surface area contributed by atoms with Crippen LogP contribution in [-0.4, -0.2) is 23.0 Å². The number of benzene rings is 1. The molecule has 1 aromatic carbocycles. The van der Waals surface area contributed by atoms with Crippen LogP contribution in [0.1, 0.15) is 30.6 Å². The zero-order valence-corrected chi connectivity index (χ0v) is 12.5. The molecule has 112 valence electrons. The summed E-state index contributed by atoms with van der Waals surface area (Å²) in [6.07, 6.45) is 2.88. The van der Waals surface area contributed by atoms with Gasteiger partial charge in [0, 0.05) is 32.3 Å². The molecule has 1 aliphatic heterocycles. The van der Waals surface area contributed by atoms with E-state index < -0.39 is 0 Å². The molecule has 0 fully saturated rings. The first-order chi connectivity index (χ1) is 10.2. The monoisotopic (exact) mass is 287 g/mol. The van der Waals surface area contributed by atoms with E-state index in [0.717, 1.165) is 36.8 Å². The fraction of sp³-hybridized carbons (Fsp3) is 0.438. The molecule has 5 heteroatoms. The predicted molar refractivity (Wildman–Crippen MR) is 80.5 cm³/mol. The van der Waals surface area contributed by atoms with Gasteiger partial charge in [0.2, 0.25) is 0 Å². The second-order valence-electron chi connectivity index (χ2n) is 5.34. The second-order valence-corrected chi connectivity index (χ2v) is 5.34. The summed E-state index contributed by atoms with van der Waals surface area (Å²) in [6, 6.07) is 8.40. The number of aromatic nitrogens is 2. The van der Waals surface area contributed by atoms with Gasteiger partial charge in [0.15, 0.2) is 11.5 Å². The van der Waals surface area contributed by atoms with Crippen molar-refractivity contribution in [1.29, 1.82) is 0 Å². The van der Waals surface area contributed by atoms with Crippen LogP contribution in [0.4, 0.5) is 0 Å². The Balaban J connectivity index is 1.66. The number of nitrogens with one attached hydrogen (secondary N) is 1. The average Bonchev–Trinajstić information content (AvgIpc) is 2.77. The Morgan fingerprint density at radius 1 is 1.24 bits per heavy atom. The molecule has 1 N–H and O–H groups in total. The Morgan fingerprint density at radius 3 is 2.81 bits per heavy atom. The minimum Gasteiger partial charge on any atom is -0.490 e. The fourth-order valence-corrected chi connectivity index (χ4v) is 2.38. The lowest BCUT2D eigenvalue weighted by molar-refractivity contribution is 0.297. The minimum absolute atomic E-state index is 0.226. The van der Waals surface area contributed by atoms with Crippen molar-refractivity contribution in [3.8, 4) is 11.5 Å². The highest BCUT2D eigenvalue weighted by molar-refractivity contribution is 5.44. The topological polar surface area (TPSA) is 48.3 Å². The molecule has 0 bridgehead atoms. The van der Waals surface area contributed by atoms with E-state index in [2.05, 4.69) is 29.5 Å². The lowest BCUT2D eigenvalue weighted by Gasteiger charge is -2.16. The van der Waals surface area contributed by atoms with E-state index in [1.165, 1.54) is 5.56 Å². The molecular weight excluding hydrogens is 266 g/mol. The summed E-state index contributed by atoms with van der Waals surface area (Å²) in [5.41, 5.74) is 2.23. The van der Waals surface area contributed by atoms with Crippen molar-refractivity contribution in [2.75, 3.05) is 13.2 Å². The number of hydrogen-bond acceptors (Lipinski definition) is 4. The van der Waals surface area contributed by atoms with Gasteiger partial charge in [-0.1, -0.05) is 6.07 Å². The number of ether oxygens (including phenoxy) is 2. The molecule has 21 heavy (non-hydrogen) atoms. The van der Waals surface area contributed by atoms with Crippen molar-refractivity contribution in [3.05, 3.63) is 41.7 Å². The molecule has 0 aliphatic carbocycles. The zero-order valence-electron chi connectivity index (χ0n) is 12.5. The van der Waals surface area contributed by atoms with Crippen molar-refractivity contribution in [1.82, 2.24) is 15.1 Å². The summed E-state index contributed by atoms with van der Waals surface area (Å²) in [7, 11) is 1.93. The van der Waals surface area contributed by atoms with Gasteiger partial charge in [-0.15, -0.1) is 0 Å². The number of hydrogen-bond donors (Lipinski definition) is 1. The molecule has 3 rings (SSSR count). The molecule has 0 saturated heterocycles. The summed E-state index contributed by atoms with van der Waals surface area (Å²) in [5, 5.41) is 7.85. The highest BCUT2D eigenvalue weighted by Crippen LogP contribution is 2.32. The third kappa shape index (κ3) is 3.36. The summed E-state index contributed by atoms with van der Waals surface area (Å²) >= 11 is 0. The van der Waals surface area contributed by atoms with Gasteiger partial charge in [-0.3, -0.25) is 4.68 Å². The van der Waals surface area contributed by atoms with Gasteiger partial charge in [-0.2, -0.15) is 5.10 Å². The first kappa shape index (κ1) is 13.9. The van der Waals surface area contributed by atoms with Gasteiger partial charge < -0.3 is 14.8 Å². The Hall–Kier alpha value is -2.01. The third-order valence-electron chi connectivity index (χ3n) is 3.63. The molecular formula is C16H21N3O2. The van der Waals surface area contributed by atoms with E-state index >= 15 is 0 Å². The van der Waals surface area contributed by atoms with E-state index in [1.54, 1.807) is 0 Å². The minimum atomic E-state index is 0.226. The van der Waals surface area contributed by atoms with Crippen LogP contribution in [0.15, 0.2) is 30.5 Å². The first-order valence-corrected chi connectivity index (χ1v) is 7.34. The van der Waals surface area contributed by atoms with Crippen molar-refractivity contribution in [2.45, 2.75) is 25.9 Å². The van der Waals surface area contributed by atoms with E-state index in [4.69, 9.17) is 9.47 Å². The molecule has 1 unspecified atom stereocenters. The summed E-state index contributed by atoms with van der Waals surface area (Å²) < 4.78 is 13.2. The molecule has 1 atom stereocenters. The maximum Gasteiger partial charge on any atom is 0.161 e. The first-order valence-electron chi connectivity index (χ1n) is 7.34. The summed E-state index contributed by atoms with van der Waals surface area (Å²) in [4.78, 5) is 0. The van der Waals surface area contributed by atoms with Crippen LogP contribution in [0, 0.1) is 0 Å². The molecule has 1 aliphatic rings. The number of rotatable bonds is 4. The van der Waals surface area contributed by atoms with Gasteiger partial charge in [0.25, 0.3) is 0 Å². The van der Waals surface area contributed by atoms with Gasteiger partial charge in [0.05, 0.1) is 18.9 Å². The predicted octanol–water partition coefficient (Wildman–Crippen LogP) is 2.43. The van der Waals surface area contributed by atoms with Crippen molar-refractivity contribution >= 4 is 0 Å². The van der Waals surface area contributed by atoms with Gasteiger partial charge in [0.1, 0.15) is 0 Å². The fourth-order valence-electron chi connectivity index (χ4n) is 2.38. The van der Waals surface area contributed by atoms with Gasteiger partial charge >= 0.3 is 0 Å². The van der Waals surface area contributed by atoms with E-state index in [-0.39, 0.29) is 6.04 Å². The van der Waals surface area contributed by atoms with Crippen LogP contribution in [0.5, 0.6) is 11.5 Å². The highest BCUT2D eigenvalue weighted by atomic mass is 16.5. The number of nitrogens with zero attached hydrogens (tertiary/aromatic N) is 2. The molecule has 0 spiro atoms. The maximum atomic E-state index is 5.74. The van der Waals surface area contributed by atoms with E-state index in [9.17, 15) is 0 Å². The van der Waals surface area contributed by atoms with Crippen LogP contribution in [0.2, 0.25) is 0 Å². The lowest BCUT2D eigenvalue weighted by Crippen LogP contribution is -2.18. The maximum absolute atomic E-state index is 5.74. The molecule has 5 nitrogen and oxygen atoms in total. The summed E-state index contributed by atoms with van der Waals surface area (Å²) in [5.74, 6) is 1.68. The SMILES string of the molecule is CC(NCc1ccn(C)n1)c1ccc2c(c1)OCCCO2. The Kier molecular flexibility index (Phi) is 4.10. The van der Waals surface area contributed by atoms with E-state index in [1.807, 2.05) is 30.1 Å². The lowest BCUT2D eigenvalue weighted by atomic mass is 10.1. The van der Waals surface area contributed by atoms with Gasteiger partial charge in [-0.05, 0) is 30.7 Å². The van der Waals surface area contributed by atoms with Crippen LogP contribution in [0.25, 0.3) is 0 Å². The highest BCUT2D eigenvalue weighted by Gasteiger charge is 2.13. The molecule has 0 amide bonds. The smallest absolute Gasteiger partial charge is 0.161 e. The molecule has 2 heterocycles. The van der Waals surface area contributed by atoms with Crippen molar-refractivity contribution in [3.63, 3.8) is 0 Å². The molecule has 1 aromatic heterocycles. The van der Waals surface area contributed by atoms with Crippen LogP contribution in [-0.2, 0) is 13.6 Å². The quantitative estimate of drug-likeness (QED) is 0.938. The average molecular weight is 287 g/mol. The number of aryl methyl sites for hydroxylation is 1. The Labute approximate surface area is 124 Å².